The zero-order valence-corrected chi connectivity index (χ0v) is 12.8. The lowest BCUT2D eigenvalue weighted by molar-refractivity contribution is 1.32. The second-order valence-corrected chi connectivity index (χ2v) is 6.05. The Kier molecular flexibility index (Phi) is 2.99. The van der Waals surface area contributed by atoms with E-state index in [1.54, 1.807) is 0 Å². The van der Waals surface area contributed by atoms with Gasteiger partial charge < -0.3 is 4.98 Å². The molecule has 90 valence electrons. The van der Waals surface area contributed by atoms with Gasteiger partial charge in [-0.25, -0.2) is 4.98 Å². The topological polar surface area (TPSA) is 28.7 Å². The normalized spacial score (nSPS) is 11.1. The minimum Gasteiger partial charge on any atom is -0.338 e. The highest BCUT2D eigenvalue weighted by atomic mass is 79.9. The van der Waals surface area contributed by atoms with Crippen LogP contribution in [-0.4, -0.2) is 9.97 Å². The van der Waals surface area contributed by atoms with Crippen molar-refractivity contribution in [3.05, 3.63) is 50.9 Å². The summed E-state index contributed by atoms with van der Waals surface area (Å²) in [6.45, 7) is 2.07. The summed E-state index contributed by atoms with van der Waals surface area (Å²) in [5.74, 6) is 0.890. The van der Waals surface area contributed by atoms with Crippen molar-refractivity contribution in [3.63, 3.8) is 0 Å². The Morgan fingerprint density at radius 2 is 1.78 bits per heavy atom. The maximum absolute atomic E-state index is 4.67. The Morgan fingerprint density at radius 1 is 1.06 bits per heavy atom. The molecule has 2 nitrogen and oxygen atoms in total. The summed E-state index contributed by atoms with van der Waals surface area (Å²) in [5, 5.41) is 0. The predicted octanol–water partition coefficient (Wildman–Crippen LogP) is 5.06. The lowest BCUT2D eigenvalue weighted by Crippen LogP contribution is -1.81. The third-order valence-corrected chi connectivity index (χ3v) is 3.77. The second-order valence-electron chi connectivity index (χ2n) is 4.21. The lowest BCUT2D eigenvalue weighted by atomic mass is 10.2. The smallest absolute Gasteiger partial charge is 0.138 e. The summed E-state index contributed by atoms with van der Waals surface area (Å²) in [4.78, 5) is 8.02. The van der Waals surface area contributed by atoms with Gasteiger partial charge in [0.2, 0.25) is 0 Å². The van der Waals surface area contributed by atoms with E-state index in [0.29, 0.717) is 0 Å². The molecule has 0 saturated heterocycles. The van der Waals surface area contributed by atoms with Crippen molar-refractivity contribution in [1.82, 2.24) is 9.97 Å². The Hall–Kier alpha value is -1.13. The molecular weight excluding hydrogens is 356 g/mol. The van der Waals surface area contributed by atoms with E-state index in [1.807, 2.05) is 18.2 Å². The number of aromatic amines is 1. The summed E-state index contributed by atoms with van der Waals surface area (Å²) in [7, 11) is 0. The molecule has 1 N–H and O–H groups in total. The van der Waals surface area contributed by atoms with Gasteiger partial charge in [0.25, 0.3) is 0 Å². The number of aryl methyl sites for hydroxylation is 1. The SMILES string of the molecule is Cc1cccc2[nH]c(-c3cc(Br)cc(Br)c3)nc12. The van der Waals surface area contributed by atoms with Crippen LogP contribution < -0.4 is 0 Å². The van der Waals surface area contributed by atoms with Gasteiger partial charge in [-0.1, -0.05) is 44.0 Å². The minimum atomic E-state index is 0.890. The fourth-order valence-electron chi connectivity index (χ4n) is 2.00. The van der Waals surface area contributed by atoms with Crippen LogP contribution in [0, 0.1) is 6.92 Å². The fourth-order valence-corrected chi connectivity index (χ4v) is 3.30. The van der Waals surface area contributed by atoms with Crippen LogP contribution in [-0.2, 0) is 0 Å². The van der Waals surface area contributed by atoms with E-state index < -0.39 is 0 Å². The summed E-state index contributed by atoms with van der Waals surface area (Å²) in [5.41, 5.74) is 4.35. The van der Waals surface area contributed by atoms with Crippen molar-refractivity contribution in [2.24, 2.45) is 0 Å². The molecule has 1 heterocycles. The van der Waals surface area contributed by atoms with Crippen molar-refractivity contribution in [2.45, 2.75) is 6.92 Å². The molecule has 0 aliphatic heterocycles. The van der Waals surface area contributed by atoms with E-state index in [-0.39, 0.29) is 0 Å². The van der Waals surface area contributed by atoms with Crippen LogP contribution in [0.4, 0.5) is 0 Å². The summed E-state index contributed by atoms with van der Waals surface area (Å²) < 4.78 is 2.06. The molecule has 0 spiro atoms. The summed E-state index contributed by atoms with van der Waals surface area (Å²) in [6.07, 6.45) is 0. The number of hydrogen-bond donors (Lipinski definition) is 1. The number of nitrogens with zero attached hydrogens (tertiary/aromatic N) is 1. The van der Waals surface area contributed by atoms with Crippen molar-refractivity contribution in [2.75, 3.05) is 0 Å². The number of fused-ring (bicyclic) bond motifs is 1. The first-order chi connectivity index (χ1) is 8.63. The van der Waals surface area contributed by atoms with Gasteiger partial charge in [0.1, 0.15) is 5.82 Å². The largest absolute Gasteiger partial charge is 0.338 e. The number of rotatable bonds is 1. The van der Waals surface area contributed by atoms with Gasteiger partial charge in [-0.15, -0.1) is 0 Å². The highest BCUT2D eigenvalue weighted by Crippen LogP contribution is 2.28. The third kappa shape index (κ3) is 2.10. The molecular formula is C14H10Br2N2. The van der Waals surface area contributed by atoms with Gasteiger partial charge in [0.15, 0.2) is 0 Å². The van der Waals surface area contributed by atoms with Crippen LogP contribution in [0.15, 0.2) is 45.3 Å². The first kappa shape index (κ1) is 11.9. The van der Waals surface area contributed by atoms with Crippen LogP contribution >= 0.6 is 31.9 Å². The molecule has 3 rings (SSSR count). The highest BCUT2D eigenvalue weighted by Gasteiger charge is 2.08. The van der Waals surface area contributed by atoms with Crippen LogP contribution in [0.2, 0.25) is 0 Å². The van der Waals surface area contributed by atoms with Crippen LogP contribution in [0.1, 0.15) is 5.56 Å². The maximum Gasteiger partial charge on any atom is 0.138 e. The van der Waals surface area contributed by atoms with Crippen molar-refractivity contribution >= 4 is 42.9 Å². The van der Waals surface area contributed by atoms with E-state index in [4.69, 9.17) is 0 Å². The molecule has 1 aromatic heterocycles. The average molecular weight is 366 g/mol. The second kappa shape index (κ2) is 4.52. The van der Waals surface area contributed by atoms with Crippen LogP contribution in [0.25, 0.3) is 22.4 Å². The van der Waals surface area contributed by atoms with E-state index in [0.717, 1.165) is 31.4 Å². The maximum atomic E-state index is 4.67. The summed E-state index contributed by atoms with van der Waals surface area (Å²) in [6, 6.07) is 12.3. The first-order valence-electron chi connectivity index (χ1n) is 5.55. The van der Waals surface area contributed by atoms with Crippen molar-refractivity contribution in [1.29, 1.82) is 0 Å². The Labute approximate surface area is 122 Å². The highest BCUT2D eigenvalue weighted by molar-refractivity contribution is 9.11. The number of aromatic nitrogens is 2. The van der Waals surface area contributed by atoms with Gasteiger partial charge in [-0.2, -0.15) is 0 Å². The zero-order valence-electron chi connectivity index (χ0n) is 9.67. The van der Waals surface area contributed by atoms with E-state index in [2.05, 4.69) is 67.0 Å². The molecule has 4 heteroatoms. The van der Waals surface area contributed by atoms with Gasteiger partial charge >= 0.3 is 0 Å². The molecule has 18 heavy (non-hydrogen) atoms. The molecule has 0 aliphatic rings. The molecule has 3 aromatic rings. The van der Waals surface area contributed by atoms with Gasteiger partial charge in [-0.05, 0) is 36.8 Å². The fraction of sp³-hybridized carbons (Fsp3) is 0.0714. The molecule has 0 aliphatic carbocycles. The number of H-pyrrole nitrogens is 1. The number of halogens is 2. The standard InChI is InChI=1S/C14H10Br2N2/c1-8-3-2-4-12-13(8)18-14(17-12)9-5-10(15)7-11(16)6-9/h2-7H,1H3,(H,17,18). The molecule has 0 amide bonds. The summed E-state index contributed by atoms with van der Waals surface area (Å²) >= 11 is 6.99. The van der Waals surface area contributed by atoms with E-state index in [1.165, 1.54) is 5.56 Å². The molecule has 0 unspecified atom stereocenters. The molecule has 0 saturated carbocycles. The molecule has 0 fully saturated rings. The molecule has 0 bridgehead atoms. The Bertz CT molecular complexity index is 711. The van der Waals surface area contributed by atoms with Gasteiger partial charge in [0, 0.05) is 14.5 Å². The number of nitrogens with one attached hydrogen (secondary N) is 1. The minimum absolute atomic E-state index is 0.890. The Balaban J connectivity index is 2.22. The molecule has 2 aromatic carbocycles. The molecule has 0 radical (unpaired) electrons. The van der Waals surface area contributed by atoms with Crippen molar-refractivity contribution < 1.29 is 0 Å². The number of imidazole rings is 1. The van der Waals surface area contributed by atoms with Crippen LogP contribution in [0.5, 0.6) is 0 Å². The van der Waals surface area contributed by atoms with E-state index >= 15 is 0 Å². The number of benzene rings is 2. The number of hydrogen-bond acceptors (Lipinski definition) is 1. The monoisotopic (exact) mass is 364 g/mol. The zero-order chi connectivity index (χ0) is 12.7. The van der Waals surface area contributed by atoms with E-state index in [9.17, 15) is 0 Å². The number of para-hydroxylation sites is 1. The third-order valence-electron chi connectivity index (χ3n) is 2.85. The van der Waals surface area contributed by atoms with Crippen molar-refractivity contribution in [3.8, 4) is 11.4 Å². The lowest BCUT2D eigenvalue weighted by Gasteiger charge is -1.99. The van der Waals surface area contributed by atoms with Gasteiger partial charge in [-0.3, -0.25) is 0 Å². The first-order valence-corrected chi connectivity index (χ1v) is 7.14. The quantitative estimate of drug-likeness (QED) is 0.641. The predicted molar refractivity (Wildman–Crippen MR) is 81.7 cm³/mol. The van der Waals surface area contributed by atoms with Crippen LogP contribution in [0.3, 0.4) is 0 Å². The molecule has 0 atom stereocenters. The van der Waals surface area contributed by atoms with Gasteiger partial charge in [0.05, 0.1) is 11.0 Å². The average Bonchev–Trinajstić information content (AvgIpc) is 2.73. The Morgan fingerprint density at radius 3 is 2.44 bits per heavy atom.